The number of rotatable bonds is 4. The maximum atomic E-state index is 12.8. The molecule has 0 atom stereocenters. The van der Waals surface area contributed by atoms with Crippen LogP contribution < -0.4 is 0 Å². The van der Waals surface area contributed by atoms with Gasteiger partial charge in [0.2, 0.25) is 10.0 Å². The molecule has 1 saturated heterocycles. The second kappa shape index (κ2) is 6.44. The van der Waals surface area contributed by atoms with Gasteiger partial charge in [0.1, 0.15) is 0 Å². The number of hydrogen-bond donors (Lipinski definition) is 1. The lowest BCUT2D eigenvalue weighted by Crippen LogP contribution is -2.40. The fraction of sp³-hybridized carbons (Fsp3) is 0.600. The number of benzene rings is 1. The zero-order chi connectivity index (χ0) is 15.6. The average Bonchev–Trinajstić information content (AvgIpc) is 2.47. The second-order valence-corrected chi connectivity index (χ2v) is 7.53. The predicted octanol–water partition coefficient (Wildman–Crippen LogP) is 1.60. The molecule has 1 fully saturated rings. The van der Waals surface area contributed by atoms with Crippen LogP contribution in [0, 0.1) is 13.8 Å². The summed E-state index contributed by atoms with van der Waals surface area (Å²) in [4.78, 5) is 0.283. The van der Waals surface area contributed by atoms with Crippen LogP contribution in [0.2, 0.25) is 0 Å². The molecule has 0 spiro atoms. The van der Waals surface area contributed by atoms with Gasteiger partial charge in [0, 0.05) is 26.3 Å². The summed E-state index contributed by atoms with van der Waals surface area (Å²) in [6.45, 7) is 4.70. The lowest BCUT2D eigenvalue weighted by Gasteiger charge is -2.31. The Labute approximate surface area is 126 Å². The lowest BCUT2D eigenvalue weighted by molar-refractivity contribution is 0.0632. The highest BCUT2D eigenvalue weighted by Crippen LogP contribution is 2.26. The van der Waals surface area contributed by atoms with Gasteiger partial charge in [-0.1, -0.05) is 6.07 Å². The Morgan fingerprint density at radius 2 is 1.86 bits per heavy atom. The number of hydrogen-bond acceptors (Lipinski definition) is 4. The number of aryl methyl sites for hydroxylation is 2. The molecule has 21 heavy (non-hydrogen) atoms. The van der Waals surface area contributed by atoms with E-state index in [1.807, 2.05) is 13.0 Å². The van der Waals surface area contributed by atoms with Crippen LogP contribution in [0.3, 0.4) is 0 Å². The summed E-state index contributed by atoms with van der Waals surface area (Å²) in [6.07, 6.45) is 1.43. The molecule has 0 bridgehead atoms. The molecule has 0 saturated carbocycles. The number of aliphatic hydroxyl groups excluding tert-OH is 1. The molecule has 1 aliphatic heterocycles. The molecule has 0 aromatic heterocycles. The first-order valence-corrected chi connectivity index (χ1v) is 8.58. The van der Waals surface area contributed by atoms with E-state index in [0.717, 1.165) is 5.56 Å². The van der Waals surface area contributed by atoms with Crippen molar-refractivity contribution in [2.24, 2.45) is 0 Å². The fourth-order valence-corrected chi connectivity index (χ4v) is 4.39. The van der Waals surface area contributed by atoms with E-state index in [1.165, 1.54) is 4.31 Å². The summed E-state index contributed by atoms with van der Waals surface area (Å²) in [5.74, 6) is 0. The van der Waals surface area contributed by atoms with Gasteiger partial charge in [-0.25, -0.2) is 8.42 Å². The zero-order valence-electron chi connectivity index (χ0n) is 12.8. The van der Waals surface area contributed by atoms with E-state index in [9.17, 15) is 13.5 Å². The van der Waals surface area contributed by atoms with Crippen molar-refractivity contribution in [2.45, 2.75) is 44.2 Å². The van der Waals surface area contributed by atoms with Crippen LogP contribution in [0.1, 0.15) is 29.5 Å². The van der Waals surface area contributed by atoms with E-state index in [-0.39, 0.29) is 17.5 Å². The first-order valence-electron chi connectivity index (χ1n) is 7.14. The van der Waals surface area contributed by atoms with Crippen molar-refractivity contribution in [3.05, 3.63) is 28.8 Å². The topological polar surface area (TPSA) is 66.8 Å². The van der Waals surface area contributed by atoms with Gasteiger partial charge in [0.25, 0.3) is 0 Å². The van der Waals surface area contributed by atoms with Crippen LogP contribution in [-0.2, 0) is 21.4 Å². The smallest absolute Gasteiger partial charge is 0.243 e. The van der Waals surface area contributed by atoms with E-state index in [2.05, 4.69) is 0 Å². The Balaban J connectivity index is 2.38. The SMILES string of the molecule is Cc1cc(C)c(S(=O)(=O)N(C)C2CCOCC2)cc1CO. The quantitative estimate of drug-likeness (QED) is 0.917. The molecule has 118 valence electrons. The van der Waals surface area contributed by atoms with Gasteiger partial charge in [-0.05, 0) is 49.4 Å². The molecule has 0 radical (unpaired) electrons. The molecule has 5 nitrogen and oxygen atoms in total. The summed E-state index contributed by atoms with van der Waals surface area (Å²) in [5.41, 5.74) is 2.27. The monoisotopic (exact) mass is 313 g/mol. The molecule has 1 aliphatic rings. The minimum Gasteiger partial charge on any atom is -0.392 e. The fourth-order valence-electron chi connectivity index (χ4n) is 2.72. The third-order valence-corrected chi connectivity index (χ3v) is 6.22. The molecule has 0 unspecified atom stereocenters. The zero-order valence-corrected chi connectivity index (χ0v) is 13.6. The van der Waals surface area contributed by atoms with Gasteiger partial charge >= 0.3 is 0 Å². The first-order chi connectivity index (χ1) is 9.87. The van der Waals surface area contributed by atoms with E-state index in [4.69, 9.17) is 4.74 Å². The molecule has 1 aromatic carbocycles. The van der Waals surface area contributed by atoms with Crippen molar-refractivity contribution in [1.82, 2.24) is 4.31 Å². The predicted molar refractivity (Wildman–Crippen MR) is 80.6 cm³/mol. The highest BCUT2D eigenvalue weighted by molar-refractivity contribution is 7.89. The molecule has 0 amide bonds. The van der Waals surface area contributed by atoms with E-state index in [1.54, 1.807) is 20.0 Å². The highest BCUT2D eigenvalue weighted by atomic mass is 32.2. The highest BCUT2D eigenvalue weighted by Gasteiger charge is 2.30. The van der Waals surface area contributed by atoms with Crippen molar-refractivity contribution in [1.29, 1.82) is 0 Å². The number of sulfonamides is 1. The molecule has 0 aliphatic carbocycles. The van der Waals surface area contributed by atoms with Crippen LogP contribution in [0.25, 0.3) is 0 Å². The summed E-state index contributed by atoms with van der Waals surface area (Å²) in [7, 11) is -1.92. The maximum absolute atomic E-state index is 12.8. The minimum atomic E-state index is -3.55. The minimum absolute atomic E-state index is 0.0259. The van der Waals surface area contributed by atoms with Crippen molar-refractivity contribution in [3.8, 4) is 0 Å². The average molecular weight is 313 g/mol. The van der Waals surface area contributed by atoms with Gasteiger partial charge in [-0.3, -0.25) is 0 Å². The van der Waals surface area contributed by atoms with E-state index < -0.39 is 10.0 Å². The van der Waals surface area contributed by atoms with Crippen LogP contribution in [0.5, 0.6) is 0 Å². The van der Waals surface area contributed by atoms with E-state index in [0.29, 0.717) is 37.2 Å². The summed E-state index contributed by atoms with van der Waals surface area (Å²) in [5, 5.41) is 9.36. The lowest BCUT2D eigenvalue weighted by atomic mass is 10.1. The van der Waals surface area contributed by atoms with Crippen LogP contribution in [0.4, 0.5) is 0 Å². The van der Waals surface area contributed by atoms with Gasteiger partial charge in [-0.15, -0.1) is 0 Å². The standard InChI is InChI=1S/C15H23NO4S/c1-11-8-12(2)15(9-13(11)10-17)21(18,19)16(3)14-4-6-20-7-5-14/h8-9,14,17H,4-7,10H2,1-3H3. The van der Waals surface area contributed by atoms with Crippen LogP contribution in [-0.4, -0.2) is 44.1 Å². The first kappa shape index (κ1) is 16.4. The Bertz CT molecular complexity index is 606. The third kappa shape index (κ3) is 3.29. The number of nitrogens with zero attached hydrogens (tertiary/aromatic N) is 1. The van der Waals surface area contributed by atoms with Gasteiger partial charge < -0.3 is 9.84 Å². The maximum Gasteiger partial charge on any atom is 0.243 e. The Kier molecular flexibility index (Phi) is 5.03. The Morgan fingerprint density at radius 1 is 1.24 bits per heavy atom. The second-order valence-electron chi connectivity index (χ2n) is 5.57. The molecule has 2 rings (SSSR count). The summed E-state index contributed by atoms with van der Waals surface area (Å²) in [6, 6.07) is 3.38. The summed E-state index contributed by atoms with van der Waals surface area (Å²) >= 11 is 0. The molecular formula is C15H23NO4S. The molecular weight excluding hydrogens is 290 g/mol. The van der Waals surface area contributed by atoms with E-state index >= 15 is 0 Å². The van der Waals surface area contributed by atoms with Crippen molar-refractivity contribution >= 4 is 10.0 Å². The van der Waals surface area contributed by atoms with Gasteiger partial charge in [0.15, 0.2) is 0 Å². The van der Waals surface area contributed by atoms with Gasteiger partial charge in [-0.2, -0.15) is 4.31 Å². The molecule has 1 aromatic rings. The Hall–Kier alpha value is -0.950. The normalized spacial score (nSPS) is 17.4. The Morgan fingerprint density at radius 3 is 2.43 bits per heavy atom. The van der Waals surface area contributed by atoms with Crippen molar-refractivity contribution in [2.75, 3.05) is 20.3 Å². The number of ether oxygens (including phenoxy) is 1. The molecule has 1 heterocycles. The largest absolute Gasteiger partial charge is 0.392 e. The van der Waals surface area contributed by atoms with Crippen LogP contribution in [0.15, 0.2) is 17.0 Å². The van der Waals surface area contributed by atoms with Crippen molar-refractivity contribution < 1.29 is 18.3 Å². The number of aliphatic hydroxyl groups is 1. The van der Waals surface area contributed by atoms with Crippen LogP contribution >= 0.6 is 0 Å². The van der Waals surface area contributed by atoms with Gasteiger partial charge in [0.05, 0.1) is 11.5 Å². The molecule has 1 N–H and O–H groups in total. The van der Waals surface area contributed by atoms with Crippen molar-refractivity contribution in [3.63, 3.8) is 0 Å². The molecule has 6 heteroatoms. The third-order valence-electron chi connectivity index (χ3n) is 4.17. The summed E-state index contributed by atoms with van der Waals surface area (Å²) < 4.78 is 32.4.